The van der Waals surface area contributed by atoms with Crippen molar-refractivity contribution in [1.82, 2.24) is 4.57 Å². The summed E-state index contributed by atoms with van der Waals surface area (Å²) < 4.78 is 2.52. The average Bonchev–Trinajstić information content (AvgIpc) is 3.22. The zero-order chi connectivity index (χ0) is 26.5. The molecule has 195 valence electrons. The molecular weight excluding hydrogens is 557 g/mol. The van der Waals surface area contributed by atoms with E-state index in [1.165, 1.54) is 38.9 Å². The molecular formula is C34H34N2O2Y. The molecule has 4 aromatic carbocycles. The predicted octanol–water partition coefficient (Wildman–Crippen LogP) is 6.96. The maximum absolute atomic E-state index is 11.2. The van der Waals surface area contributed by atoms with E-state index in [0.29, 0.717) is 12.1 Å². The number of rotatable bonds is 10. The number of aromatic carboxylic acids is 1. The molecule has 0 aliphatic carbocycles. The predicted molar refractivity (Wildman–Crippen MR) is 155 cm³/mol. The van der Waals surface area contributed by atoms with E-state index in [-0.39, 0.29) is 38.8 Å². The van der Waals surface area contributed by atoms with Crippen molar-refractivity contribution in [1.29, 1.82) is 0 Å². The molecule has 0 atom stereocenters. The molecule has 0 aliphatic rings. The first kappa shape index (κ1) is 28.9. The number of carbonyl (C=O) groups is 1. The number of benzene rings is 4. The van der Waals surface area contributed by atoms with E-state index in [2.05, 4.69) is 90.4 Å². The van der Waals surface area contributed by atoms with Crippen molar-refractivity contribution in [3.8, 4) is 0 Å². The van der Waals surface area contributed by atoms with Crippen molar-refractivity contribution in [3.05, 3.63) is 142 Å². The number of aryl methyl sites for hydroxylation is 3. The molecule has 5 rings (SSSR count). The Morgan fingerprint density at radius 3 is 2.00 bits per heavy atom. The van der Waals surface area contributed by atoms with Crippen LogP contribution in [0.15, 0.2) is 103 Å². The zero-order valence-corrected chi connectivity index (χ0v) is 25.2. The molecule has 0 saturated heterocycles. The Bertz CT molecular complexity index is 1490. The minimum Gasteiger partial charge on any atom is -0.478 e. The SMILES string of the molecule is Cc1ccc2c(c1)c(CCCc1ccc(C(=O)O)cc1)c(CCN)n2C(c1ccccc1)c1ccccc1.[Y]. The van der Waals surface area contributed by atoms with Crippen LogP contribution in [-0.2, 0) is 52.0 Å². The van der Waals surface area contributed by atoms with E-state index in [1.807, 2.05) is 12.1 Å². The molecule has 0 saturated carbocycles. The minimum absolute atomic E-state index is 0. The van der Waals surface area contributed by atoms with Crippen LogP contribution in [0.1, 0.15) is 56.3 Å². The van der Waals surface area contributed by atoms with Crippen LogP contribution in [0.2, 0.25) is 0 Å². The van der Waals surface area contributed by atoms with Crippen LogP contribution < -0.4 is 5.73 Å². The second kappa shape index (κ2) is 13.3. The molecule has 1 aromatic heterocycles. The first-order valence-corrected chi connectivity index (χ1v) is 13.3. The molecule has 5 aromatic rings. The van der Waals surface area contributed by atoms with Gasteiger partial charge in [-0.2, -0.15) is 0 Å². The van der Waals surface area contributed by atoms with E-state index in [0.717, 1.165) is 31.2 Å². The van der Waals surface area contributed by atoms with Gasteiger partial charge >= 0.3 is 5.97 Å². The van der Waals surface area contributed by atoms with Gasteiger partial charge in [0.1, 0.15) is 0 Å². The smallest absolute Gasteiger partial charge is 0.335 e. The summed E-state index contributed by atoms with van der Waals surface area (Å²) in [6, 6.07) is 35.5. The minimum atomic E-state index is -0.891. The zero-order valence-electron chi connectivity index (χ0n) is 22.4. The number of nitrogens with two attached hydrogens (primary N) is 1. The molecule has 0 bridgehead atoms. The van der Waals surface area contributed by atoms with Gasteiger partial charge in [0.15, 0.2) is 0 Å². The molecule has 3 N–H and O–H groups in total. The summed E-state index contributed by atoms with van der Waals surface area (Å²) in [4.78, 5) is 11.2. The summed E-state index contributed by atoms with van der Waals surface area (Å²) in [6.45, 7) is 2.73. The molecule has 0 spiro atoms. The van der Waals surface area contributed by atoms with Gasteiger partial charge in [0.2, 0.25) is 0 Å². The third-order valence-electron chi connectivity index (χ3n) is 7.34. The second-order valence-corrected chi connectivity index (χ2v) is 9.93. The maximum Gasteiger partial charge on any atom is 0.335 e. The number of carboxylic acids is 1. The van der Waals surface area contributed by atoms with Gasteiger partial charge in [0.05, 0.1) is 11.6 Å². The quantitative estimate of drug-likeness (QED) is 0.185. The van der Waals surface area contributed by atoms with Gasteiger partial charge in [-0.05, 0) is 79.3 Å². The molecule has 0 unspecified atom stereocenters. The van der Waals surface area contributed by atoms with Crippen LogP contribution in [0.3, 0.4) is 0 Å². The van der Waals surface area contributed by atoms with Crippen LogP contribution in [0.5, 0.6) is 0 Å². The molecule has 1 radical (unpaired) electrons. The third kappa shape index (κ3) is 6.41. The van der Waals surface area contributed by atoms with E-state index < -0.39 is 5.97 Å². The van der Waals surface area contributed by atoms with Gasteiger partial charge in [-0.15, -0.1) is 0 Å². The molecule has 5 heteroatoms. The van der Waals surface area contributed by atoms with E-state index in [4.69, 9.17) is 5.73 Å². The van der Waals surface area contributed by atoms with Gasteiger partial charge in [-0.1, -0.05) is 84.4 Å². The Morgan fingerprint density at radius 2 is 1.44 bits per heavy atom. The van der Waals surface area contributed by atoms with Crippen molar-refractivity contribution in [2.24, 2.45) is 5.73 Å². The van der Waals surface area contributed by atoms with Gasteiger partial charge in [0.25, 0.3) is 0 Å². The Hall–Kier alpha value is -3.05. The number of carboxylic acid groups (broad SMARTS) is 1. The van der Waals surface area contributed by atoms with Crippen molar-refractivity contribution in [3.63, 3.8) is 0 Å². The van der Waals surface area contributed by atoms with Crippen molar-refractivity contribution in [2.45, 2.75) is 38.6 Å². The van der Waals surface area contributed by atoms with Crippen LogP contribution in [0.4, 0.5) is 0 Å². The molecule has 1 heterocycles. The summed E-state index contributed by atoms with van der Waals surface area (Å²) in [6.07, 6.45) is 3.59. The average molecular weight is 592 g/mol. The second-order valence-electron chi connectivity index (χ2n) is 9.93. The number of aromatic nitrogens is 1. The van der Waals surface area contributed by atoms with Crippen molar-refractivity contribution in [2.75, 3.05) is 6.54 Å². The number of hydrogen-bond acceptors (Lipinski definition) is 2. The van der Waals surface area contributed by atoms with Gasteiger partial charge < -0.3 is 15.4 Å². The topological polar surface area (TPSA) is 68.2 Å². The Balaban J connectivity index is 0.00000353. The number of hydrogen-bond donors (Lipinski definition) is 2. The standard InChI is InChI=1S/C34H34N2O2.Y/c1-24-15-20-31-30(23-24)29(14-8-9-25-16-18-28(19-17-25)34(37)38)32(21-22-35)36(31)33(26-10-4-2-5-11-26)27-12-6-3-7-13-27;/h2-7,10-13,15-20,23,33H,8-9,14,21-22,35H2,1H3,(H,37,38);. The van der Waals surface area contributed by atoms with E-state index in [1.54, 1.807) is 12.1 Å². The van der Waals surface area contributed by atoms with Crippen LogP contribution in [0, 0.1) is 6.92 Å². The Labute approximate surface area is 255 Å². The molecule has 0 amide bonds. The van der Waals surface area contributed by atoms with E-state index in [9.17, 15) is 9.90 Å². The monoisotopic (exact) mass is 591 g/mol. The van der Waals surface area contributed by atoms with Crippen LogP contribution in [-0.4, -0.2) is 22.2 Å². The molecule has 4 nitrogen and oxygen atoms in total. The maximum atomic E-state index is 11.2. The van der Waals surface area contributed by atoms with Gasteiger partial charge in [0, 0.05) is 55.7 Å². The summed E-state index contributed by atoms with van der Waals surface area (Å²) >= 11 is 0. The van der Waals surface area contributed by atoms with Gasteiger partial charge in [-0.3, -0.25) is 0 Å². The fraction of sp³-hybridized carbons (Fsp3) is 0.206. The molecule has 0 fully saturated rings. The van der Waals surface area contributed by atoms with Crippen LogP contribution >= 0.6 is 0 Å². The number of nitrogens with zero attached hydrogens (tertiary/aromatic N) is 1. The summed E-state index contributed by atoms with van der Waals surface area (Å²) in [5.41, 5.74) is 15.3. The summed E-state index contributed by atoms with van der Waals surface area (Å²) in [5, 5.41) is 10.5. The van der Waals surface area contributed by atoms with Gasteiger partial charge in [-0.25, -0.2) is 4.79 Å². The molecule has 0 aliphatic heterocycles. The normalized spacial score (nSPS) is 11.1. The molecule has 39 heavy (non-hydrogen) atoms. The van der Waals surface area contributed by atoms with Crippen molar-refractivity contribution >= 4 is 16.9 Å². The fourth-order valence-electron chi connectivity index (χ4n) is 5.57. The largest absolute Gasteiger partial charge is 0.478 e. The fourth-order valence-corrected chi connectivity index (χ4v) is 5.57. The summed E-state index contributed by atoms with van der Waals surface area (Å²) in [5.74, 6) is -0.891. The van der Waals surface area contributed by atoms with Crippen LogP contribution in [0.25, 0.3) is 10.9 Å². The Kier molecular flexibility index (Phi) is 9.90. The first-order valence-electron chi connectivity index (χ1n) is 13.3. The summed E-state index contributed by atoms with van der Waals surface area (Å²) in [7, 11) is 0. The Morgan fingerprint density at radius 1 is 0.821 bits per heavy atom. The van der Waals surface area contributed by atoms with E-state index >= 15 is 0 Å². The third-order valence-corrected chi connectivity index (χ3v) is 7.34. The number of fused-ring (bicyclic) bond motifs is 1. The van der Waals surface area contributed by atoms with Crippen molar-refractivity contribution < 1.29 is 42.6 Å². The first-order chi connectivity index (χ1) is 18.6.